The lowest BCUT2D eigenvalue weighted by molar-refractivity contribution is -0.117. The molecule has 4 nitrogen and oxygen atoms in total. The molecule has 0 atom stereocenters. The molecule has 1 aromatic carbocycles. The molecule has 0 fully saturated rings. The van der Waals surface area contributed by atoms with Crippen LogP contribution >= 0.6 is 0 Å². The molecule has 0 saturated heterocycles. The van der Waals surface area contributed by atoms with Crippen LogP contribution in [0, 0.1) is 17.7 Å². The van der Waals surface area contributed by atoms with Crippen molar-refractivity contribution >= 4 is 11.9 Å². The molecule has 5 heteroatoms. The zero-order chi connectivity index (χ0) is 12.1. The van der Waals surface area contributed by atoms with Crippen LogP contribution in [0.4, 0.5) is 4.39 Å². The average molecular weight is 221 g/mol. The standard InChI is InChI=1S/C11H8FNO3/c12-8-5-4-7(2-1-3-10(13)14)9(6-8)11(15)16/h4-6H,3H2,(H2,13,14)(H,15,16). The van der Waals surface area contributed by atoms with Crippen LogP contribution in [0.5, 0.6) is 0 Å². The summed E-state index contributed by atoms with van der Waals surface area (Å²) in [4.78, 5) is 21.2. The lowest BCUT2D eigenvalue weighted by atomic mass is 10.1. The predicted molar refractivity (Wildman–Crippen MR) is 54.0 cm³/mol. The molecule has 3 N–H and O–H groups in total. The Morgan fingerprint density at radius 1 is 1.44 bits per heavy atom. The molecular weight excluding hydrogens is 213 g/mol. The molecule has 0 heterocycles. The number of carboxylic acid groups (broad SMARTS) is 1. The van der Waals surface area contributed by atoms with E-state index < -0.39 is 17.7 Å². The van der Waals surface area contributed by atoms with Crippen LogP contribution in [-0.4, -0.2) is 17.0 Å². The van der Waals surface area contributed by atoms with Gasteiger partial charge in [0.15, 0.2) is 0 Å². The summed E-state index contributed by atoms with van der Waals surface area (Å²) < 4.78 is 12.8. The van der Waals surface area contributed by atoms with Crippen molar-refractivity contribution in [2.45, 2.75) is 6.42 Å². The Morgan fingerprint density at radius 2 is 2.12 bits per heavy atom. The maximum absolute atomic E-state index is 12.8. The molecule has 0 aromatic heterocycles. The van der Waals surface area contributed by atoms with Gasteiger partial charge in [-0.1, -0.05) is 11.8 Å². The normalized spacial score (nSPS) is 9.06. The molecule has 0 unspecified atom stereocenters. The van der Waals surface area contributed by atoms with Gasteiger partial charge in [0.2, 0.25) is 5.91 Å². The molecule has 0 spiro atoms. The Hall–Kier alpha value is -2.35. The highest BCUT2D eigenvalue weighted by molar-refractivity contribution is 5.90. The van der Waals surface area contributed by atoms with E-state index in [0.29, 0.717) is 0 Å². The van der Waals surface area contributed by atoms with Crippen molar-refractivity contribution in [3.8, 4) is 11.8 Å². The van der Waals surface area contributed by atoms with E-state index in [0.717, 1.165) is 12.1 Å². The summed E-state index contributed by atoms with van der Waals surface area (Å²) in [6.07, 6.45) is -0.170. The first-order valence-electron chi connectivity index (χ1n) is 4.30. The van der Waals surface area contributed by atoms with E-state index in [4.69, 9.17) is 10.8 Å². The fraction of sp³-hybridized carbons (Fsp3) is 0.0909. The number of hydrogen-bond donors (Lipinski definition) is 2. The maximum atomic E-state index is 12.8. The molecule has 0 bridgehead atoms. The number of nitrogens with two attached hydrogens (primary N) is 1. The van der Waals surface area contributed by atoms with Gasteiger partial charge in [-0.2, -0.15) is 0 Å². The summed E-state index contributed by atoms with van der Waals surface area (Å²) in [6, 6.07) is 3.21. The van der Waals surface area contributed by atoms with Crippen molar-refractivity contribution in [2.75, 3.05) is 0 Å². The number of primary amides is 1. The number of hydrogen-bond acceptors (Lipinski definition) is 2. The summed E-state index contributed by atoms with van der Waals surface area (Å²) in [6.45, 7) is 0. The van der Waals surface area contributed by atoms with Crippen molar-refractivity contribution in [3.05, 3.63) is 35.1 Å². The van der Waals surface area contributed by atoms with E-state index in [1.54, 1.807) is 0 Å². The number of carboxylic acids is 1. The molecule has 0 aliphatic carbocycles. The van der Waals surface area contributed by atoms with Crippen LogP contribution in [0.15, 0.2) is 18.2 Å². The number of aromatic carboxylic acids is 1. The molecule has 16 heavy (non-hydrogen) atoms. The molecule has 82 valence electrons. The Bertz CT molecular complexity index is 500. The van der Waals surface area contributed by atoms with Crippen molar-refractivity contribution in [1.29, 1.82) is 0 Å². The molecule has 1 aromatic rings. The summed E-state index contributed by atoms with van der Waals surface area (Å²) in [5.74, 6) is 2.33. The first-order chi connectivity index (χ1) is 7.50. The first-order valence-corrected chi connectivity index (χ1v) is 4.30. The predicted octanol–water partition coefficient (Wildman–Crippen LogP) is 0.751. The third-order valence-corrected chi connectivity index (χ3v) is 1.70. The van der Waals surface area contributed by atoms with E-state index in [1.807, 2.05) is 0 Å². The van der Waals surface area contributed by atoms with Gasteiger partial charge in [-0.15, -0.1) is 0 Å². The van der Waals surface area contributed by atoms with Crippen molar-refractivity contribution < 1.29 is 19.1 Å². The van der Waals surface area contributed by atoms with Crippen LogP contribution in [0.3, 0.4) is 0 Å². The Morgan fingerprint density at radius 3 is 2.69 bits per heavy atom. The minimum atomic E-state index is -1.28. The minimum absolute atomic E-state index is 0.148. The third kappa shape index (κ3) is 3.10. The van der Waals surface area contributed by atoms with Crippen LogP contribution in [0.2, 0.25) is 0 Å². The molecule has 1 amide bonds. The lowest BCUT2D eigenvalue weighted by Gasteiger charge is -1.98. The summed E-state index contributed by atoms with van der Waals surface area (Å²) in [5.41, 5.74) is 4.77. The smallest absolute Gasteiger partial charge is 0.337 e. The van der Waals surface area contributed by atoms with E-state index in [9.17, 15) is 14.0 Å². The van der Waals surface area contributed by atoms with Crippen molar-refractivity contribution in [1.82, 2.24) is 0 Å². The van der Waals surface area contributed by atoms with E-state index >= 15 is 0 Å². The highest BCUT2D eigenvalue weighted by atomic mass is 19.1. The van der Waals surface area contributed by atoms with Crippen LogP contribution < -0.4 is 5.73 Å². The number of benzene rings is 1. The monoisotopic (exact) mass is 221 g/mol. The van der Waals surface area contributed by atoms with Crippen LogP contribution in [0.25, 0.3) is 0 Å². The van der Waals surface area contributed by atoms with Crippen LogP contribution in [-0.2, 0) is 4.79 Å². The highest BCUT2D eigenvalue weighted by Crippen LogP contribution is 2.10. The number of carbonyl (C=O) groups is 2. The summed E-state index contributed by atoms with van der Waals surface area (Å²) in [7, 11) is 0. The third-order valence-electron chi connectivity index (χ3n) is 1.70. The minimum Gasteiger partial charge on any atom is -0.478 e. The van der Waals surface area contributed by atoms with E-state index in [-0.39, 0.29) is 17.5 Å². The zero-order valence-electron chi connectivity index (χ0n) is 8.16. The quantitative estimate of drug-likeness (QED) is 0.723. The van der Waals surface area contributed by atoms with Gasteiger partial charge in [0.1, 0.15) is 5.82 Å². The number of halogens is 1. The summed E-state index contributed by atoms with van der Waals surface area (Å²) >= 11 is 0. The molecule has 1 rings (SSSR count). The number of carbonyl (C=O) groups excluding carboxylic acids is 1. The Kier molecular flexibility index (Phi) is 3.62. The average Bonchev–Trinajstić information content (AvgIpc) is 2.19. The SMILES string of the molecule is NC(=O)CC#Cc1ccc(F)cc1C(=O)O. The second-order valence-electron chi connectivity index (χ2n) is 2.94. The van der Waals surface area contributed by atoms with Crippen molar-refractivity contribution in [2.24, 2.45) is 5.73 Å². The molecule has 0 aliphatic rings. The van der Waals surface area contributed by atoms with Gasteiger partial charge in [0.25, 0.3) is 0 Å². The first kappa shape index (κ1) is 11.7. The van der Waals surface area contributed by atoms with Gasteiger partial charge in [-0.3, -0.25) is 4.79 Å². The van der Waals surface area contributed by atoms with Crippen LogP contribution in [0.1, 0.15) is 22.3 Å². The molecule has 0 radical (unpaired) electrons. The largest absolute Gasteiger partial charge is 0.478 e. The fourth-order valence-corrected chi connectivity index (χ4v) is 1.03. The Labute approximate surface area is 90.9 Å². The van der Waals surface area contributed by atoms with E-state index in [1.165, 1.54) is 6.07 Å². The van der Waals surface area contributed by atoms with E-state index in [2.05, 4.69) is 11.8 Å². The highest BCUT2D eigenvalue weighted by Gasteiger charge is 2.09. The van der Waals surface area contributed by atoms with Gasteiger partial charge in [0, 0.05) is 5.56 Å². The molecular formula is C11H8FNO3. The van der Waals surface area contributed by atoms with Gasteiger partial charge >= 0.3 is 5.97 Å². The van der Waals surface area contributed by atoms with Gasteiger partial charge in [-0.25, -0.2) is 9.18 Å². The number of amides is 1. The molecule has 0 aliphatic heterocycles. The second-order valence-corrected chi connectivity index (χ2v) is 2.94. The van der Waals surface area contributed by atoms with Gasteiger partial charge < -0.3 is 10.8 Å². The lowest BCUT2D eigenvalue weighted by Crippen LogP contribution is -2.08. The second kappa shape index (κ2) is 4.94. The van der Waals surface area contributed by atoms with Gasteiger partial charge in [-0.05, 0) is 18.2 Å². The molecule has 0 saturated carbocycles. The maximum Gasteiger partial charge on any atom is 0.337 e. The number of rotatable bonds is 2. The topological polar surface area (TPSA) is 80.4 Å². The summed E-state index contributed by atoms with van der Waals surface area (Å²) in [5, 5.41) is 8.77. The fourth-order valence-electron chi connectivity index (χ4n) is 1.03. The van der Waals surface area contributed by atoms with Crippen molar-refractivity contribution in [3.63, 3.8) is 0 Å². The Balaban J connectivity index is 3.07. The zero-order valence-corrected chi connectivity index (χ0v) is 8.16. The van der Waals surface area contributed by atoms with Gasteiger partial charge in [0.05, 0.1) is 12.0 Å².